The third-order valence-electron chi connectivity index (χ3n) is 5.52. The van der Waals surface area contributed by atoms with Gasteiger partial charge in [-0.2, -0.15) is 0 Å². The van der Waals surface area contributed by atoms with E-state index in [-0.39, 0.29) is 78.0 Å². The van der Waals surface area contributed by atoms with Crippen LogP contribution in [0.4, 0.5) is 0 Å². The summed E-state index contributed by atoms with van der Waals surface area (Å²) in [5.74, 6) is -0.738. The highest BCUT2D eigenvalue weighted by atomic mass is 16.1. The monoisotopic (exact) mass is 352 g/mol. The van der Waals surface area contributed by atoms with Crippen molar-refractivity contribution in [1.29, 1.82) is 0 Å². The smallest absolute Gasteiger partial charge is 0.137 e. The van der Waals surface area contributed by atoms with Crippen molar-refractivity contribution in [3.63, 3.8) is 0 Å². The Kier molecular flexibility index (Phi) is 7.41. The van der Waals surface area contributed by atoms with Crippen LogP contribution in [0.3, 0.4) is 0 Å². The van der Waals surface area contributed by atoms with E-state index >= 15 is 0 Å². The van der Waals surface area contributed by atoms with E-state index in [9.17, 15) is 14.4 Å². The van der Waals surface area contributed by atoms with Gasteiger partial charge >= 0.3 is 0 Å². The van der Waals surface area contributed by atoms with Gasteiger partial charge in [0.2, 0.25) is 0 Å². The van der Waals surface area contributed by atoms with E-state index in [1.54, 1.807) is 0 Å². The van der Waals surface area contributed by atoms with Crippen LogP contribution in [-0.2, 0) is 14.4 Å². The van der Waals surface area contributed by atoms with Gasteiger partial charge in [-0.15, -0.1) is 0 Å². The van der Waals surface area contributed by atoms with Gasteiger partial charge in [-0.05, 0) is 16.2 Å². The molecule has 0 aromatic carbocycles. The molecule has 3 atom stereocenters. The Morgan fingerprint density at radius 2 is 0.680 bits per heavy atom. The molecular formula is C22H40O3. The minimum absolute atomic E-state index is 0. The van der Waals surface area contributed by atoms with E-state index in [4.69, 9.17) is 0 Å². The summed E-state index contributed by atoms with van der Waals surface area (Å²) in [5.41, 5.74) is -0.818. The molecule has 0 amide bonds. The lowest BCUT2D eigenvalue weighted by Gasteiger charge is -2.32. The maximum absolute atomic E-state index is 13.0. The van der Waals surface area contributed by atoms with Gasteiger partial charge in [-0.1, -0.05) is 69.7 Å². The molecule has 3 nitrogen and oxygen atoms in total. The van der Waals surface area contributed by atoms with Crippen LogP contribution in [0.5, 0.6) is 0 Å². The molecule has 0 N–H and O–H groups in total. The van der Waals surface area contributed by atoms with Crippen molar-refractivity contribution in [2.75, 3.05) is 0 Å². The summed E-state index contributed by atoms with van der Waals surface area (Å²) in [6.07, 6.45) is 0.775. The lowest BCUT2D eigenvalue weighted by atomic mass is 9.70. The molecule has 1 saturated carbocycles. The molecule has 0 bridgehead atoms. The number of rotatable bonds is 0. The fraction of sp³-hybridized carbons (Fsp3) is 0.864. The Labute approximate surface area is 155 Å². The molecule has 0 heterocycles. The summed E-state index contributed by atoms with van der Waals surface area (Å²) >= 11 is 0. The first-order valence-corrected chi connectivity index (χ1v) is 9.13. The van der Waals surface area contributed by atoms with Crippen LogP contribution < -0.4 is 0 Å². The molecule has 146 valence electrons. The van der Waals surface area contributed by atoms with Crippen molar-refractivity contribution >= 4 is 17.3 Å². The van der Waals surface area contributed by atoms with E-state index in [1.165, 1.54) is 0 Å². The molecule has 1 aliphatic rings. The second-order valence-corrected chi connectivity index (χ2v) is 10.8. The van der Waals surface area contributed by atoms with E-state index in [0.717, 1.165) is 0 Å². The summed E-state index contributed by atoms with van der Waals surface area (Å²) in [4.78, 5) is 38.9. The van der Waals surface area contributed by atoms with Crippen LogP contribution in [0.1, 0.15) is 89.0 Å². The van der Waals surface area contributed by atoms with Gasteiger partial charge in [0, 0.05) is 37.0 Å². The van der Waals surface area contributed by atoms with Crippen molar-refractivity contribution in [1.82, 2.24) is 0 Å². The molecule has 25 heavy (non-hydrogen) atoms. The number of hydrogen-bond donors (Lipinski definition) is 0. The Balaban J connectivity index is 0.00000576. The van der Waals surface area contributed by atoms with Crippen LogP contribution in [0, 0.1) is 34.0 Å². The molecule has 1 fully saturated rings. The molecule has 0 aliphatic heterocycles. The number of carbonyl (C=O) groups is 3. The topological polar surface area (TPSA) is 51.2 Å². The quantitative estimate of drug-likeness (QED) is 0.578. The van der Waals surface area contributed by atoms with Gasteiger partial charge in [0.05, 0.1) is 0 Å². The first-order valence-electron chi connectivity index (χ1n) is 9.13. The molecule has 3 heteroatoms. The van der Waals surface area contributed by atoms with Crippen molar-refractivity contribution in [2.45, 2.75) is 89.0 Å². The van der Waals surface area contributed by atoms with Crippen molar-refractivity contribution in [2.24, 2.45) is 34.0 Å². The molecule has 0 radical (unpaired) electrons. The first kappa shape index (κ1) is 24.0. The fourth-order valence-corrected chi connectivity index (χ4v) is 3.74. The van der Waals surface area contributed by atoms with Crippen LogP contribution in [0.15, 0.2) is 0 Å². The van der Waals surface area contributed by atoms with Crippen molar-refractivity contribution in [3.8, 4) is 0 Å². The van der Waals surface area contributed by atoms with Crippen molar-refractivity contribution in [3.05, 3.63) is 0 Å². The lowest BCUT2D eigenvalue weighted by Crippen LogP contribution is -2.35. The fourth-order valence-electron chi connectivity index (χ4n) is 3.74. The molecule has 1 rings (SSSR count). The average molecular weight is 353 g/mol. The number of Topliss-reactive ketones (excluding diaryl/α,β-unsaturated/α-hetero) is 3. The van der Waals surface area contributed by atoms with E-state index in [1.807, 2.05) is 62.3 Å². The first-order chi connectivity index (χ1) is 10.5. The molecular weight excluding hydrogens is 312 g/mol. The Hall–Kier alpha value is -0.990. The van der Waals surface area contributed by atoms with Crippen LogP contribution in [0.25, 0.3) is 0 Å². The van der Waals surface area contributed by atoms with Gasteiger partial charge in [0.1, 0.15) is 17.3 Å². The Morgan fingerprint density at radius 3 is 0.800 bits per heavy atom. The van der Waals surface area contributed by atoms with Gasteiger partial charge in [-0.25, -0.2) is 0 Å². The van der Waals surface area contributed by atoms with Gasteiger partial charge < -0.3 is 0 Å². The average Bonchev–Trinajstić information content (AvgIpc) is 2.38. The lowest BCUT2D eigenvalue weighted by molar-refractivity contribution is -0.134. The SMILES string of the molecule is C.CC(C)(C)C1CC(=O)C(C(C)(C)C)CC(=O)C(C(C)(C)C)CC1=O. The van der Waals surface area contributed by atoms with Crippen molar-refractivity contribution < 1.29 is 14.4 Å². The second-order valence-electron chi connectivity index (χ2n) is 10.8. The van der Waals surface area contributed by atoms with Crippen LogP contribution in [0.2, 0.25) is 0 Å². The third-order valence-corrected chi connectivity index (χ3v) is 5.52. The predicted molar refractivity (Wildman–Crippen MR) is 104 cm³/mol. The summed E-state index contributed by atoms with van der Waals surface area (Å²) in [5, 5.41) is 0. The molecule has 0 aromatic heterocycles. The molecule has 1 aliphatic carbocycles. The van der Waals surface area contributed by atoms with Crippen LogP contribution >= 0.6 is 0 Å². The van der Waals surface area contributed by atoms with E-state index in [2.05, 4.69) is 0 Å². The summed E-state index contributed by atoms with van der Waals surface area (Å²) in [6.45, 7) is 18.1. The Bertz CT molecular complexity index is 433. The highest BCUT2D eigenvalue weighted by Crippen LogP contribution is 2.42. The minimum atomic E-state index is -0.314. The highest BCUT2D eigenvalue weighted by Gasteiger charge is 2.44. The molecule has 0 aromatic rings. The maximum Gasteiger partial charge on any atom is 0.137 e. The summed E-state index contributed by atoms with van der Waals surface area (Å²) in [6, 6.07) is 0. The van der Waals surface area contributed by atoms with Gasteiger partial charge in [-0.3, -0.25) is 14.4 Å². The number of hydrogen-bond acceptors (Lipinski definition) is 3. The predicted octanol–water partition coefficient (Wildman–Crippen LogP) is 5.50. The van der Waals surface area contributed by atoms with E-state index in [0.29, 0.717) is 0 Å². The van der Waals surface area contributed by atoms with Gasteiger partial charge in [0.25, 0.3) is 0 Å². The van der Waals surface area contributed by atoms with Gasteiger partial charge in [0.15, 0.2) is 0 Å². The standard InChI is InChI=1S/C21H36O3.CH4/c1-19(2,3)13-10-17(23)15(21(7,8)9)12-18(24)14(11-16(13)22)20(4,5)6;/h13-15H,10-12H2,1-9H3;1H4. The second kappa shape index (κ2) is 7.72. The normalized spacial score (nSPS) is 27.2. The maximum atomic E-state index is 13.0. The largest absolute Gasteiger partial charge is 0.299 e. The molecule has 0 spiro atoms. The van der Waals surface area contributed by atoms with E-state index < -0.39 is 0 Å². The highest BCUT2D eigenvalue weighted by molar-refractivity contribution is 5.97. The zero-order valence-corrected chi connectivity index (χ0v) is 17.1. The zero-order valence-electron chi connectivity index (χ0n) is 17.1. The summed E-state index contributed by atoms with van der Waals surface area (Å²) in [7, 11) is 0. The zero-order chi connectivity index (χ0) is 19.1. The Morgan fingerprint density at radius 1 is 0.520 bits per heavy atom. The van der Waals surface area contributed by atoms with Crippen LogP contribution in [-0.4, -0.2) is 17.3 Å². The summed E-state index contributed by atoms with van der Waals surface area (Å²) < 4.78 is 0. The molecule has 3 unspecified atom stereocenters. The number of ketones is 3. The third kappa shape index (κ3) is 6.04. The number of carbonyl (C=O) groups excluding carboxylic acids is 3. The molecule has 0 saturated heterocycles. The minimum Gasteiger partial charge on any atom is -0.299 e.